The van der Waals surface area contributed by atoms with E-state index in [1.165, 1.54) is 18.3 Å². The largest absolute Gasteiger partial charge is 0.429 e. The summed E-state index contributed by atoms with van der Waals surface area (Å²) < 4.78 is 54.0. The molecule has 1 aromatic carbocycles. The number of aromatic nitrogens is 1. The number of halogens is 4. The van der Waals surface area contributed by atoms with E-state index in [1.54, 1.807) is 37.3 Å². The molecule has 2 heterocycles. The number of nitrogens with one attached hydrogen (secondary N) is 1. The third kappa shape index (κ3) is 7.77. The second-order valence-corrected chi connectivity index (χ2v) is 9.74. The van der Waals surface area contributed by atoms with E-state index in [0.29, 0.717) is 36.6 Å². The van der Waals surface area contributed by atoms with Gasteiger partial charge in [-0.25, -0.2) is 9.37 Å². The minimum absolute atomic E-state index is 0.0618. The van der Waals surface area contributed by atoms with E-state index in [0.717, 1.165) is 12.8 Å². The van der Waals surface area contributed by atoms with Crippen molar-refractivity contribution in [2.45, 2.75) is 70.5 Å². The summed E-state index contributed by atoms with van der Waals surface area (Å²) in [6.07, 6.45) is 0.913. The molecule has 38 heavy (non-hydrogen) atoms. The van der Waals surface area contributed by atoms with Crippen LogP contribution in [0.2, 0.25) is 0 Å². The number of pyridine rings is 1. The minimum Gasteiger partial charge on any atom is -0.385 e. The molecule has 4 atom stereocenters. The quantitative estimate of drug-likeness (QED) is 0.181. The van der Waals surface area contributed by atoms with Gasteiger partial charge in [0.15, 0.2) is 0 Å². The summed E-state index contributed by atoms with van der Waals surface area (Å²) in [5.41, 5.74) is -1.15. The van der Waals surface area contributed by atoms with Gasteiger partial charge in [0.1, 0.15) is 23.6 Å². The first-order valence-corrected chi connectivity index (χ1v) is 12.9. The Morgan fingerprint density at radius 2 is 1.87 bits per heavy atom. The van der Waals surface area contributed by atoms with E-state index in [2.05, 4.69) is 15.3 Å². The highest BCUT2D eigenvalue weighted by molar-refractivity contribution is 5.94. The summed E-state index contributed by atoms with van der Waals surface area (Å²) in [6, 6.07) is 8.45. The van der Waals surface area contributed by atoms with Crippen molar-refractivity contribution < 1.29 is 27.8 Å². The van der Waals surface area contributed by atoms with Gasteiger partial charge in [0.05, 0.1) is 29.4 Å². The lowest BCUT2D eigenvalue weighted by Gasteiger charge is -2.29. The highest BCUT2D eigenvalue weighted by Crippen LogP contribution is 2.34. The molecule has 0 bridgehead atoms. The lowest BCUT2D eigenvalue weighted by atomic mass is 9.92. The van der Waals surface area contributed by atoms with E-state index in [-0.39, 0.29) is 12.2 Å². The fourth-order valence-corrected chi connectivity index (χ4v) is 4.47. The zero-order valence-electron chi connectivity index (χ0n) is 21.9. The number of unbranched alkanes of at least 4 members (excludes halogenated alkanes) is 1. The van der Waals surface area contributed by atoms with Crippen LogP contribution in [0.15, 0.2) is 59.7 Å². The Morgan fingerprint density at radius 1 is 1.16 bits per heavy atom. The number of benzene rings is 1. The molecule has 3 rings (SSSR count). The monoisotopic (exact) mass is 536 g/mol. The van der Waals surface area contributed by atoms with Gasteiger partial charge in [0, 0.05) is 13.1 Å². The van der Waals surface area contributed by atoms with Crippen LogP contribution < -0.4 is 10.2 Å². The van der Waals surface area contributed by atoms with Crippen LogP contribution in [0, 0.1) is 11.7 Å². The maximum atomic E-state index is 13.6. The molecule has 1 aromatic heterocycles. The lowest BCUT2D eigenvalue weighted by Crippen LogP contribution is -2.39. The number of aliphatic hydroxyl groups is 2. The van der Waals surface area contributed by atoms with Crippen molar-refractivity contribution in [3.05, 3.63) is 66.1 Å². The molecule has 0 saturated heterocycles. The standard InChI is InChI=1S/C28H36F4N4O2/c1-4-6-7-8-21-17-23(25(34-21)28(30,31)32)26(37)35-22-13-14-24(33-18-22)36(5-2)16-15-27(3,38)19-9-11-20(29)12-10-19/h7-14,18,21,23,26,35,37-38H,4-6,15-17H2,1-3H3. The van der Waals surface area contributed by atoms with Crippen LogP contribution in [0.5, 0.6) is 0 Å². The van der Waals surface area contributed by atoms with Crippen LogP contribution in [0.3, 0.4) is 0 Å². The van der Waals surface area contributed by atoms with Crippen molar-refractivity contribution in [2.24, 2.45) is 10.9 Å². The normalized spacial score (nSPS) is 20.3. The minimum atomic E-state index is -4.63. The van der Waals surface area contributed by atoms with Gasteiger partial charge in [0.25, 0.3) is 0 Å². The number of allylic oxidation sites excluding steroid dienone is 1. The summed E-state index contributed by atoms with van der Waals surface area (Å²) in [5, 5.41) is 24.3. The summed E-state index contributed by atoms with van der Waals surface area (Å²) >= 11 is 0. The molecule has 1 aliphatic rings. The average Bonchev–Trinajstić information content (AvgIpc) is 3.31. The highest BCUT2D eigenvalue weighted by Gasteiger charge is 2.47. The number of anilines is 2. The van der Waals surface area contributed by atoms with Crippen molar-refractivity contribution in [1.82, 2.24) is 4.98 Å². The molecule has 0 fully saturated rings. The fourth-order valence-electron chi connectivity index (χ4n) is 4.47. The third-order valence-electron chi connectivity index (χ3n) is 6.74. The summed E-state index contributed by atoms with van der Waals surface area (Å²) in [4.78, 5) is 10.2. The average molecular weight is 537 g/mol. The Labute approximate surface area is 221 Å². The van der Waals surface area contributed by atoms with Gasteiger partial charge in [-0.1, -0.05) is 37.6 Å². The number of rotatable bonds is 12. The van der Waals surface area contributed by atoms with E-state index in [9.17, 15) is 27.8 Å². The molecule has 0 aliphatic carbocycles. The van der Waals surface area contributed by atoms with E-state index < -0.39 is 35.7 Å². The van der Waals surface area contributed by atoms with E-state index >= 15 is 0 Å². The second-order valence-electron chi connectivity index (χ2n) is 9.74. The van der Waals surface area contributed by atoms with Crippen LogP contribution in [-0.4, -0.2) is 52.4 Å². The molecule has 2 aromatic rings. The van der Waals surface area contributed by atoms with Crippen molar-refractivity contribution in [3.8, 4) is 0 Å². The number of alkyl halides is 3. The van der Waals surface area contributed by atoms with Crippen molar-refractivity contribution in [1.29, 1.82) is 0 Å². The topological polar surface area (TPSA) is 81.0 Å². The van der Waals surface area contributed by atoms with Gasteiger partial charge in [0.2, 0.25) is 0 Å². The van der Waals surface area contributed by atoms with Crippen LogP contribution in [0.4, 0.5) is 29.1 Å². The molecule has 4 unspecified atom stereocenters. The second kappa shape index (κ2) is 12.7. The first-order valence-electron chi connectivity index (χ1n) is 12.9. The number of hydrogen-bond donors (Lipinski definition) is 3. The number of nitrogens with zero attached hydrogens (tertiary/aromatic N) is 3. The molecule has 0 spiro atoms. The zero-order chi connectivity index (χ0) is 27.9. The number of aliphatic hydroxyl groups excluding tert-OH is 1. The maximum Gasteiger partial charge on any atom is 0.429 e. The molecule has 6 nitrogen and oxygen atoms in total. The van der Waals surface area contributed by atoms with Gasteiger partial charge >= 0.3 is 6.18 Å². The molecule has 0 amide bonds. The van der Waals surface area contributed by atoms with Crippen LogP contribution in [0.1, 0.15) is 52.0 Å². The van der Waals surface area contributed by atoms with Crippen LogP contribution in [0.25, 0.3) is 0 Å². The summed E-state index contributed by atoms with van der Waals surface area (Å²) in [7, 11) is 0. The first-order chi connectivity index (χ1) is 17.9. The number of hydrogen-bond acceptors (Lipinski definition) is 6. The maximum absolute atomic E-state index is 13.6. The predicted molar refractivity (Wildman–Crippen MR) is 142 cm³/mol. The summed E-state index contributed by atoms with van der Waals surface area (Å²) in [5.74, 6) is -0.963. The fraction of sp³-hybridized carbons (Fsp3) is 0.500. The highest BCUT2D eigenvalue weighted by atomic mass is 19.4. The van der Waals surface area contributed by atoms with Gasteiger partial charge in [-0.15, -0.1) is 0 Å². The van der Waals surface area contributed by atoms with Crippen LogP contribution >= 0.6 is 0 Å². The molecule has 208 valence electrons. The molecule has 1 aliphatic heterocycles. The van der Waals surface area contributed by atoms with E-state index in [1.807, 2.05) is 24.8 Å². The van der Waals surface area contributed by atoms with Crippen molar-refractivity contribution in [2.75, 3.05) is 23.3 Å². The third-order valence-corrected chi connectivity index (χ3v) is 6.74. The Morgan fingerprint density at radius 3 is 2.45 bits per heavy atom. The van der Waals surface area contributed by atoms with Crippen LogP contribution in [-0.2, 0) is 5.60 Å². The Balaban J connectivity index is 1.63. The Kier molecular flexibility index (Phi) is 9.89. The molecule has 3 N–H and O–H groups in total. The SMILES string of the molecule is CCCC=CC1CC(C(O)Nc2ccc(N(CC)CCC(C)(O)c3ccc(F)cc3)nc2)C(C(F)(F)F)=N1. The predicted octanol–water partition coefficient (Wildman–Crippen LogP) is 5.82. The lowest BCUT2D eigenvalue weighted by molar-refractivity contribution is -0.0646. The van der Waals surface area contributed by atoms with E-state index in [4.69, 9.17) is 0 Å². The van der Waals surface area contributed by atoms with Gasteiger partial charge in [-0.3, -0.25) is 4.99 Å². The van der Waals surface area contributed by atoms with Gasteiger partial charge in [-0.05, 0) is 62.9 Å². The Bertz CT molecular complexity index is 1090. The van der Waals surface area contributed by atoms with Crippen molar-refractivity contribution in [3.63, 3.8) is 0 Å². The van der Waals surface area contributed by atoms with Crippen molar-refractivity contribution >= 4 is 17.2 Å². The molecule has 10 heteroatoms. The number of aliphatic imine (C=N–C) groups is 1. The van der Waals surface area contributed by atoms with Gasteiger partial charge < -0.3 is 20.4 Å². The Hall–Kier alpha value is -2.98. The molecular formula is C28H36F4N4O2. The van der Waals surface area contributed by atoms with Gasteiger partial charge in [-0.2, -0.15) is 13.2 Å². The molecule has 0 radical (unpaired) electrons. The molecular weight excluding hydrogens is 500 g/mol. The summed E-state index contributed by atoms with van der Waals surface area (Å²) in [6.45, 7) is 6.65. The first kappa shape index (κ1) is 29.6. The smallest absolute Gasteiger partial charge is 0.385 e. The zero-order valence-corrected chi connectivity index (χ0v) is 21.9. The molecule has 0 saturated carbocycles.